The Hall–Kier alpha value is -1.78. The maximum Gasteiger partial charge on any atom is 0.271 e. The van der Waals surface area contributed by atoms with Gasteiger partial charge in [-0.05, 0) is 19.4 Å². The number of hydrogen-bond donors (Lipinski definition) is 1. The van der Waals surface area contributed by atoms with Crippen LogP contribution in [0.1, 0.15) is 26.7 Å². The molecule has 94 valence electrons. The number of nitrogens with zero attached hydrogens (tertiary/aromatic N) is 1. The van der Waals surface area contributed by atoms with Gasteiger partial charge in [0.05, 0.1) is 17.7 Å². The van der Waals surface area contributed by atoms with E-state index < -0.39 is 4.92 Å². The summed E-state index contributed by atoms with van der Waals surface area (Å²) in [4.78, 5) is 10.3. The van der Waals surface area contributed by atoms with Crippen molar-refractivity contribution in [2.75, 3.05) is 12.4 Å². The normalized spacial score (nSPS) is 11.9. The molecule has 0 spiro atoms. The van der Waals surface area contributed by atoms with Crippen LogP contribution in [0.5, 0.6) is 5.75 Å². The van der Waals surface area contributed by atoms with Crippen molar-refractivity contribution in [3.63, 3.8) is 0 Å². The number of nitrogens with one attached hydrogen (secondary N) is 1. The highest BCUT2D eigenvalue weighted by molar-refractivity contribution is 5.61. The van der Waals surface area contributed by atoms with E-state index in [4.69, 9.17) is 4.74 Å². The highest BCUT2D eigenvalue weighted by atomic mass is 16.6. The van der Waals surface area contributed by atoms with E-state index in [-0.39, 0.29) is 11.7 Å². The number of benzene rings is 1. The van der Waals surface area contributed by atoms with Crippen molar-refractivity contribution in [1.29, 1.82) is 0 Å². The molecule has 0 amide bonds. The van der Waals surface area contributed by atoms with Gasteiger partial charge in [-0.15, -0.1) is 0 Å². The predicted octanol–water partition coefficient (Wildman–Crippen LogP) is 3.20. The SMILES string of the molecule is CCCC(C)Nc1cc([N+](=O)[O-])ccc1OC. The van der Waals surface area contributed by atoms with Crippen LogP contribution in [-0.2, 0) is 0 Å². The van der Waals surface area contributed by atoms with Crippen molar-refractivity contribution in [2.45, 2.75) is 32.7 Å². The van der Waals surface area contributed by atoms with E-state index in [2.05, 4.69) is 12.2 Å². The number of non-ortho nitro benzene ring substituents is 1. The van der Waals surface area contributed by atoms with Crippen molar-refractivity contribution in [2.24, 2.45) is 0 Å². The Bertz CT molecular complexity index is 393. The fraction of sp³-hybridized carbons (Fsp3) is 0.500. The Morgan fingerprint density at radius 3 is 2.76 bits per heavy atom. The lowest BCUT2D eigenvalue weighted by molar-refractivity contribution is -0.384. The lowest BCUT2D eigenvalue weighted by Gasteiger charge is -2.16. The summed E-state index contributed by atoms with van der Waals surface area (Å²) in [5.74, 6) is 0.624. The molecule has 0 aromatic heterocycles. The molecule has 0 aliphatic rings. The maximum atomic E-state index is 10.7. The number of hydrogen-bond acceptors (Lipinski definition) is 4. The zero-order valence-electron chi connectivity index (χ0n) is 10.4. The van der Waals surface area contributed by atoms with Crippen LogP contribution < -0.4 is 10.1 Å². The summed E-state index contributed by atoms with van der Waals surface area (Å²) in [6, 6.07) is 4.81. The first-order valence-corrected chi connectivity index (χ1v) is 5.67. The third-order valence-electron chi connectivity index (χ3n) is 2.52. The number of rotatable bonds is 6. The first kappa shape index (κ1) is 13.3. The highest BCUT2D eigenvalue weighted by Gasteiger charge is 2.12. The number of nitro groups is 1. The van der Waals surface area contributed by atoms with E-state index in [1.807, 2.05) is 6.92 Å². The van der Waals surface area contributed by atoms with Gasteiger partial charge >= 0.3 is 0 Å². The van der Waals surface area contributed by atoms with Crippen LogP contribution in [0.15, 0.2) is 18.2 Å². The van der Waals surface area contributed by atoms with Crippen molar-refractivity contribution in [1.82, 2.24) is 0 Å². The smallest absolute Gasteiger partial charge is 0.271 e. The maximum absolute atomic E-state index is 10.7. The van der Waals surface area contributed by atoms with Gasteiger partial charge in [0.25, 0.3) is 5.69 Å². The van der Waals surface area contributed by atoms with E-state index in [0.29, 0.717) is 11.4 Å². The molecule has 1 unspecified atom stereocenters. The molecule has 0 bridgehead atoms. The van der Waals surface area contributed by atoms with E-state index in [9.17, 15) is 10.1 Å². The zero-order chi connectivity index (χ0) is 12.8. The van der Waals surface area contributed by atoms with Gasteiger partial charge in [0.2, 0.25) is 0 Å². The fourth-order valence-corrected chi connectivity index (χ4v) is 1.69. The minimum Gasteiger partial charge on any atom is -0.495 e. The van der Waals surface area contributed by atoms with Gasteiger partial charge in [0.1, 0.15) is 5.75 Å². The highest BCUT2D eigenvalue weighted by Crippen LogP contribution is 2.29. The lowest BCUT2D eigenvalue weighted by Crippen LogP contribution is -2.15. The second-order valence-electron chi connectivity index (χ2n) is 3.98. The Balaban J connectivity index is 2.93. The van der Waals surface area contributed by atoms with Gasteiger partial charge in [-0.1, -0.05) is 13.3 Å². The number of anilines is 1. The predicted molar refractivity (Wildman–Crippen MR) is 67.6 cm³/mol. The fourth-order valence-electron chi connectivity index (χ4n) is 1.69. The standard InChI is InChI=1S/C12H18N2O3/c1-4-5-9(2)13-11-8-10(14(15)16)6-7-12(11)17-3/h6-9,13H,4-5H2,1-3H3. The third-order valence-corrected chi connectivity index (χ3v) is 2.52. The molecular weight excluding hydrogens is 220 g/mol. The first-order chi connectivity index (χ1) is 8.08. The Kier molecular flexibility index (Phi) is 4.75. The average molecular weight is 238 g/mol. The average Bonchev–Trinajstić information content (AvgIpc) is 2.29. The second-order valence-corrected chi connectivity index (χ2v) is 3.98. The minimum atomic E-state index is -0.408. The molecule has 0 fully saturated rings. The molecule has 0 heterocycles. The van der Waals surface area contributed by atoms with Gasteiger partial charge in [-0.25, -0.2) is 0 Å². The molecule has 1 atom stereocenters. The minimum absolute atomic E-state index is 0.0667. The third kappa shape index (κ3) is 3.62. The zero-order valence-corrected chi connectivity index (χ0v) is 10.4. The molecule has 5 nitrogen and oxygen atoms in total. The summed E-state index contributed by atoms with van der Waals surface area (Å²) in [6.45, 7) is 4.14. The number of nitro benzene ring substituents is 1. The van der Waals surface area contributed by atoms with Crippen LogP contribution in [0.4, 0.5) is 11.4 Å². The largest absolute Gasteiger partial charge is 0.495 e. The van der Waals surface area contributed by atoms with Gasteiger partial charge in [-0.3, -0.25) is 10.1 Å². The summed E-state index contributed by atoms with van der Waals surface area (Å²) >= 11 is 0. The Morgan fingerprint density at radius 1 is 1.53 bits per heavy atom. The van der Waals surface area contributed by atoms with Crippen LogP contribution in [0.25, 0.3) is 0 Å². The van der Waals surface area contributed by atoms with Crippen LogP contribution in [0, 0.1) is 10.1 Å². The van der Waals surface area contributed by atoms with Crippen LogP contribution in [0.3, 0.4) is 0 Å². The van der Waals surface area contributed by atoms with Crippen LogP contribution >= 0.6 is 0 Å². The van der Waals surface area contributed by atoms with Crippen molar-refractivity contribution in [3.8, 4) is 5.75 Å². The summed E-state index contributed by atoms with van der Waals surface area (Å²) in [5.41, 5.74) is 0.736. The Labute approximate surface area is 101 Å². The van der Waals surface area contributed by atoms with Crippen LogP contribution in [0.2, 0.25) is 0 Å². The van der Waals surface area contributed by atoms with Gasteiger partial charge in [0.15, 0.2) is 0 Å². The van der Waals surface area contributed by atoms with E-state index >= 15 is 0 Å². The van der Waals surface area contributed by atoms with Gasteiger partial charge < -0.3 is 10.1 Å². The quantitative estimate of drug-likeness (QED) is 0.610. The molecular formula is C12H18N2O3. The summed E-state index contributed by atoms with van der Waals surface area (Å²) in [7, 11) is 1.55. The molecule has 1 aromatic rings. The lowest BCUT2D eigenvalue weighted by atomic mass is 10.1. The van der Waals surface area contributed by atoms with Crippen molar-refractivity contribution in [3.05, 3.63) is 28.3 Å². The molecule has 0 saturated heterocycles. The first-order valence-electron chi connectivity index (χ1n) is 5.67. The summed E-state index contributed by atoms with van der Waals surface area (Å²) in [5, 5.41) is 13.9. The van der Waals surface area contributed by atoms with E-state index in [0.717, 1.165) is 12.8 Å². The molecule has 1 aromatic carbocycles. The van der Waals surface area contributed by atoms with E-state index in [1.165, 1.54) is 12.1 Å². The summed E-state index contributed by atoms with van der Waals surface area (Å²) < 4.78 is 5.17. The Morgan fingerprint density at radius 2 is 2.24 bits per heavy atom. The van der Waals surface area contributed by atoms with Crippen LogP contribution in [-0.4, -0.2) is 18.1 Å². The van der Waals surface area contributed by atoms with Crippen molar-refractivity contribution < 1.29 is 9.66 Å². The van der Waals surface area contributed by atoms with Gasteiger partial charge in [0, 0.05) is 18.2 Å². The molecule has 0 aliphatic heterocycles. The number of methoxy groups -OCH3 is 1. The molecule has 0 aliphatic carbocycles. The second kappa shape index (κ2) is 6.08. The molecule has 17 heavy (non-hydrogen) atoms. The molecule has 0 saturated carbocycles. The molecule has 5 heteroatoms. The molecule has 1 N–H and O–H groups in total. The van der Waals surface area contributed by atoms with Crippen molar-refractivity contribution >= 4 is 11.4 Å². The summed E-state index contributed by atoms with van der Waals surface area (Å²) in [6.07, 6.45) is 2.07. The monoisotopic (exact) mass is 238 g/mol. The van der Waals surface area contributed by atoms with E-state index in [1.54, 1.807) is 13.2 Å². The molecule has 1 rings (SSSR count). The van der Waals surface area contributed by atoms with Gasteiger partial charge in [-0.2, -0.15) is 0 Å². The topological polar surface area (TPSA) is 64.4 Å². The molecule has 0 radical (unpaired) electrons. The number of ether oxygens (including phenoxy) is 1.